The molecular weight excluding hydrogens is 366 g/mol. The van der Waals surface area contributed by atoms with Crippen molar-refractivity contribution >= 4 is 21.1 Å². The summed E-state index contributed by atoms with van der Waals surface area (Å²) < 4.78 is 33.8. The third kappa shape index (κ3) is 5.91. The molecule has 0 saturated carbocycles. The minimum atomic E-state index is -4.39. The van der Waals surface area contributed by atoms with Crippen molar-refractivity contribution in [2.24, 2.45) is 0 Å². The quantitative estimate of drug-likeness (QED) is 0.356. The molecule has 0 radical (unpaired) electrons. The summed E-state index contributed by atoms with van der Waals surface area (Å²) in [6, 6.07) is 25.7. The Hall–Kier alpha value is -0.690. The van der Waals surface area contributed by atoms with Gasteiger partial charge in [0.1, 0.15) is 4.91 Å². The molecule has 0 bridgehead atoms. The third-order valence-electron chi connectivity index (χ3n) is 3.65. The molecule has 0 unspecified atom stereocenters. The summed E-state index contributed by atoms with van der Waals surface area (Å²) in [4.78, 5) is -0.117. The van der Waals surface area contributed by atoms with Gasteiger partial charge in [0, 0.05) is 5.56 Å². The van der Waals surface area contributed by atoms with E-state index in [9.17, 15) is 13.0 Å². The summed E-state index contributed by atoms with van der Waals surface area (Å²) in [6.07, 6.45) is 1.48. The van der Waals surface area contributed by atoms with E-state index in [1.165, 1.54) is 6.08 Å². The number of rotatable bonds is 4. The Morgan fingerprint density at radius 1 is 0.769 bits per heavy atom. The standard InChI is InChI=1S/C20H16O3S.2Na.2H/c21-24(22,23)20(15-16-9-3-1-4-10-16)19-14-8-7-13-18(19)17-11-5-2-6-12-17;;;;/h1-15H,(H,21,22,23);;;;/q;2*+1;2*-1. The molecule has 0 saturated heterocycles. The summed E-state index contributed by atoms with van der Waals surface area (Å²) in [5, 5.41) is 0. The van der Waals surface area contributed by atoms with E-state index in [2.05, 4.69) is 0 Å². The molecule has 6 heteroatoms. The van der Waals surface area contributed by atoms with Gasteiger partial charge in [0.15, 0.2) is 0 Å². The molecule has 0 spiro atoms. The molecule has 124 valence electrons. The summed E-state index contributed by atoms with van der Waals surface area (Å²) in [5.74, 6) is 0. The van der Waals surface area contributed by atoms with Crippen LogP contribution in [0.1, 0.15) is 14.0 Å². The van der Waals surface area contributed by atoms with Crippen molar-refractivity contribution in [2.45, 2.75) is 0 Å². The Balaban J connectivity index is 0. The molecule has 1 N–H and O–H groups in total. The molecule has 0 aliphatic heterocycles. The van der Waals surface area contributed by atoms with Crippen molar-refractivity contribution in [3.05, 3.63) is 96.1 Å². The summed E-state index contributed by atoms with van der Waals surface area (Å²) in [5.41, 5.74) is 2.80. The molecule has 0 aromatic heterocycles. The molecule has 0 fully saturated rings. The Bertz CT molecular complexity index is 981. The van der Waals surface area contributed by atoms with E-state index < -0.39 is 10.1 Å². The maximum Gasteiger partial charge on any atom is 1.00 e. The van der Waals surface area contributed by atoms with Crippen molar-refractivity contribution in [3.8, 4) is 11.1 Å². The average molecular weight is 384 g/mol. The van der Waals surface area contributed by atoms with Gasteiger partial charge in [0.2, 0.25) is 0 Å². The second-order valence-electron chi connectivity index (χ2n) is 5.31. The van der Waals surface area contributed by atoms with Gasteiger partial charge in [-0.05, 0) is 22.8 Å². The van der Waals surface area contributed by atoms with Crippen LogP contribution in [-0.2, 0) is 10.1 Å². The average Bonchev–Trinajstić information content (AvgIpc) is 2.60. The zero-order chi connectivity index (χ0) is 17.0. The van der Waals surface area contributed by atoms with Crippen LogP contribution in [0.5, 0.6) is 0 Å². The first-order valence-corrected chi connectivity index (χ1v) is 8.89. The molecule has 0 amide bonds. The minimum Gasteiger partial charge on any atom is -1.00 e. The SMILES string of the molecule is O=S(=O)(O)C(=Cc1ccccc1)c1ccccc1-c1ccccc1.[H-].[H-].[Na+].[Na+]. The van der Waals surface area contributed by atoms with Gasteiger partial charge >= 0.3 is 59.1 Å². The van der Waals surface area contributed by atoms with Crippen LogP contribution in [0.15, 0.2) is 84.9 Å². The summed E-state index contributed by atoms with van der Waals surface area (Å²) in [7, 11) is -4.39. The summed E-state index contributed by atoms with van der Waals surface area (Å²) >= 11 is 0. The first-order chi connectivity index (χ1) is 11.6. The van der Waals surface area contributed by atoms with E-state index in [4.69, 9.17) is 0 Å². The molecule has 3 aromatic rings. The second kappa shape index (κ2) is 10.6. The monoisotopic (exact) mass is 384 g/mol. The van der Waals surface area contributed by atoms with Gasteiger partial charge in [-0.1, -0.05) is 84.9 Å². The fourth-order valence-electron chi connectivity index (χ4n) is 2.56. The van der Waals surface area contributed by atoms with Gasteiger partial charge in [-0.2, -0.15) is 8.42 Å². The Kier molecular flexibility index (Phi) is 9.51. The molecule has 0 aliphatic carbocycles. The Labute approximate surface area is 201 Å². The van der Waals surface area contributed by atoms with Crippen LogP contribution < -0.4 is 59.1 Å². The Morgan fingerprint density at radius 3 is 1.85 bits per heavy atom. The van der Waals surface area contributed by atoms with Gasteiger partial charge in [-0.25, -0.2) is 0 Å². The second-order valence-corrected chi connectivity index (χ2v) is 6.70. The van der Waals surface area contributed by atoms with Crippen molar-refractivity contribution in [2.75, 3.05) is 0 Å². The topological polar surface area (TPSA) is 54.4 Å². The molecule has 26 heavy (non-hydrogen) atoms. The molecule has 3 rings (SSSR count). The zero-order valence-electron chi connectivity index (χ0n) is 16.8. The van der Waals surface area contributed by atoms with Crippen LogP contribution in [-0.4, -0.2) is 13.0 Å². The van der Waals surface area contributed by atoms with Crippen LogP contribution >= 0.6 is 0 Å². The predicted molar refractivity (Wildman–Crippen MR) is 100.0 cm³/mol. The van der Waals surface area contributed by atoms with E-state index in [0.717, 1.165) is 11.1 Å². The number of hydrogen-bond donors (Lipinski definition) is 1. The Morgan fingerprint density at radius 2 is 1.27 bits per heavy atom. The van der Waals surface area contributed by atoms with Crippen LogP contribution in [0.3, 0.4) is 0 Å². The number of benzene rings is 3. The fraction of sp³-hybridized carbons (Fsp3) is 0. The van der Waals surface area contributed by atoms with Gasteiger partial charge in [-0.15, -0.1) is 0 Å². The largest absolute Gasteiger partial charge is 1.00 e. The van der Waals surface area contributed by atoms with Crippen LogP contribution in [0.4, 0.5) is 0 Å². The molecule has 3 aromatic carbocycles. The fourth-order valence-corrected chi connectivity index (χ4v) is 3.30. The van der Waals surface area contributed by atoms with E-state index in [0.29, 0.717) is 11.1 Å². The van der Waals surface area contributed by atoms with Gasteiger partial charge < -0.3 is 2.85 Å². The van der Waals surface area contributed by atoms with Crippen LogP contribution in [0.25, 0.3) is 22.1 Å². The van der Waals surface area contributed by atoms with Crippen LogP contribution in [0, 0.1) is 0 Å². The molecule has 0 heterocycles. The first kappa shape index (κ1) is 23.3. The summed E-state index contributed by atoms with van der Waals surface area (Å²) in [6.45, 7) is 0. The van der Waals surface area contributed by atoms with E-state index in [1.807, 2.05) is 60.7 Å². The molecule has 3 nitrogen and oxygen atoms in total. The predicted octanol–water partition coefficient (Wildman–Crippen LogP) is -1.03. The maximum atomic E-state index is 12.0. The van der Waals surface area contributed by atoms with Gasteiger partial charge in [-0.3, -0.25) is 4.55 Å². The van der Waals surface area contributed by atoms with E-state index in [-0.39, 0.29) is 66.9 Å². The van der Waals surface area contributed by atoms with Crippen molar-refractivity contribution in [1.82, 2.24) is 0 Å². The third-order valence-corrected chi connectivity index (χ3v) is 4.55. The van der Waals surface area contributed by atoms with E-state index >= 15 is 0 Å². The van der Waals surface area contributed by atoms with Gasteiger partial charge in [0.25, 0.3) is 10.1 Å². The van der Waals surface area contributed by atoms with Crippen molar-refractivity contribution in [3.63, 3.8) is 0 Å². The molecular formula is C20H18Na2O3S. The maximum absolute atomic E-state index is 12.0. The van der Waals surface area contributed by atoms with E-state index in [1.54, 1.807) is 24.3 Å². The smallest absolute Gasteiger partial charge is 1.00 e. The van der Waals surface area contributed by atoms with Gasteiger partial charge in [0.05, 0.1) is 0 Å². The normalized spacial score (nSPS) is 11.2. The number of hydrogen-bond acceptors (Lipinski definition) is 2. The van der Waals surface area contributed by atoms with Crippen molar-refractivity contribution < 1.29 is 74.9 Å². The van der Waals surface area contributed by atoms with Crippen LogP contribution in [0.2, 0.25) is 0 Å². The zero-order valence-corrected chi connectivity index (χ0v) is 19.6. The van der Waals surface area contributed by atoms with Crippen molar-refractivity contribution in [1.29, 1.82) is 0 Å². The minimum absolute atomic E-state index is 0. The molecule has 0 atom stereocenters. The molecule has 0 aliphatic rings. The first-order valence-electron chi connectivity index (χ1n) is 7.45.